The van der Waals surface area contributed by atoms with Crippen molar-refractivity contribution in [3.8, 4) is 0 Å². The average molecular weight is 316 g/mol. The Labute approximate surface area is 132 Å². The fourth-order valence-corrected chi connectivity index (χ4v) is 2.12. The van der Waals surface area contributed by atoms with Gasteiger partial charge in [0.15, 0.2) is 11.4 Å². The highest BCUT2D eigenvalue weighted by Crippen LogP contribution is 2.08. The molecule has 3 N–H and O–H groups in total. The Hall–Kier alpha value is -2.83. The molecule has 23 heavy (non-hydrogen) atoms. The third kappa shape index (κ3) is 4.57. The fraction of sp³-hybridized carbons (Fsp3) is 0.250. The minimum absolute atomic E-state index is 0.0994. The van der Waals surface area contributed by atoms with Crippen molar-refractivity contribution in [2.75, 3.05) is 0 Å². The summed E-state index contributed by atoms with van der Waals surface area (Å²) in [5.41, 5.74) is 5.76. The van der Waals surface area contributed by atoms with Crippen LogP contribution in [0.4, 0.5) is 4.39 Å². The number of halogens is 1. The molecule has 7 heteroatoms. The van der Waals surface area contributed by atoms with Crippen molar-refractivity contribution in [1.29, 1.82) is 0 Å². The maximum absolute atomic E-state index is 13.1. The first-order chi connectivity index (χ1) is 11.0. The SMILES string of the molecule is C[C@@H](CCc1cccc(F)c1)NC(=O)c1nccnc1C(N)=O. The molecule has 0 aliphatic rings. The Morgan fingerprint density at radius 3 is 2.61 bits per heavy atom. The summed E-state index contributed by atoms with van der Waals surface area (Å²) >= 11 is 0. The van der Waals surface area contributed by atoms with Gasteiger partial charge in [0.25, 0.3) is 11.8 Å². The molecule has 6 nitrogen and oxygen atoms in total. The Kier molecular flexibility index (Phi) is 5.35. The van der Waals surface area contributed by atoms with E-state index < -0.39 is 11.8 Å². The number of carbonyl (C=O) groups is 2. The van der Waals surface area contributed by atoms with Crippen molar-refractivity contribution in [2.24, 2.45) is 5.73 Å². The van der Waals surface area contributed by atoms with Crippen molar-refractivity contribution in [2.45, 2.75) is 25.8 Å². The summed E-state index contributed by atoms with van der Waals surface area (Å²) in [4.78, 5) is 31.1. The zero-order chi connectivity index (χ0) is 16.8. The highest BCUT2D eigenvalue weighted by atomic mass is 19.1. The molecule has 0 fully saturated rings. The molecule has 120 valence electrons. The van der Waals surface area contributed by atoms with Gasteiger partial charge >= 0.3 is 0 Å². The minimum Gasteiger partial charge on any atom is -0.364 e. The molecule has 0 spiro atoms. The van der Waals surface area contributed by atoms with Crippen LogP contribution in [0.1, 0.15) is 39.9 Å². The Morgan fingerprint density at radius 1 is 1.26 bits per heavy atom. The van der Waals surface area contributed by atoms with Crippen molar-refractivity contribution in [3.63, 3.8) is 0 Å². The maximum atomic E-state index is 13.1. The van der Waals surface area contributed by atoms with Crippen LogP contribution in [-0.4, -0.2) is 27.8 Å². The third-order valence-corrected chi connectivity index (χ3v) is 3.28. The number of primary amides is 1. The smallest absolute Gasteiger partial charge is 0.272 e. The van der Waals surface area contributed by atoms with Gasteiger partial charge in [0.05, 0.1) is 0 Å². The van der Waals surface area contributed by atoms with Gasteiger partial charge in [0.1, 0.15) is 5.82 Å². The van der Waals surface area contributed by atoms with E-state index in [1.807, 2.05) is 13.0 Å². The van der Waals surface area contributed by atoms with Crippen LogP contribution in [0.15, 0.2) is 36.7 Å². The highest BCUT2D eigenvalue weighted by Gasteiger charge is 2.19. The number of hydrogen-bond acceptors (Lipinski definition) is 4. The number of rotatable bonds is 6. The summed E-state index contributed by atoms with van der Waals surface area (Å²) in [6, 6.07) is 6.13. The van der Waals surface area contributed by atoms with E-state index in [-0.39, 0.29) is 23.2 Å². The van der Waals surface area contributed by atoms with E-state index in [9.17, 15) is 14.0 Å². The number of hydrogen-bond donors (Lipinski definition) is 2. The number of aryl methyl sites for hydroxylation is 1. The number of amides is 2. The first-order valence-corrected chi connectivity index (χ1v) is 7.13. The molecule has 0 aliphatic carbocycles. The fourth-order valence-electron chi connectivity index (χ4n) is 2.12. The molecule has 0 radical (unpaired) electrons. The van der Waals surface area contributed by atoms with Crippen molar-refractivity contribution in [3.05, 3.63) is 59.4 Å². The molecule has 2 amide bonds. The largest absolute Gasteiger partial charge is 0.364 e. The number of benzene rings is 1. The number of carbonyl (C=O) groups excluding carboxylic acids is 2. The molecule has 1 heterocycles. The van der Waals surface area contributed by atoms with Crippen LogP contribution in [0.2, 0.25) is 0 Å². The van der Waals surface area contributed by atoms with Gasteiger partial charge in [-0.1, -0.05) is 12.1 Å². The molecule has 0 saturated heterocycles. The van der Waals surface area contributed by atoms with Gasteiger partial charge in [-0.3, -0.25) is 9.59 Å². The average Bonchev–Trinajstić information content (AvgIpc) is 2.53. The maximum Gasteiger partial charge on any atom is 0.272 e. The number of nitrogens with zero attached hydrogens (tertiary/aromatic N) is 2. The molecule has 1 atom stereocenters. The van der Waals surface area contributed by atoms with Crippen LogP contribution < -0.4 is 11.1 Å². The molecule has 0 aliphatic heterocycles. The number of nitrogens with one attached hydrogen (secondary N) is 1. The molecular weight excluding hydrogens is 299 g/mol. The molecular formula is C16H17FN4O2. The third-order valence-electron chi connectivity index (χ3n) is 3.28. The predicted molar refractivity (Wildman–Crippen MR) is 82.2 cm³/mol. The van der Waals surface area contributed by atoms with Gasteiger partial charge < -0.3 is 11.1 Å². The standard InChI is InChI=1S/C16H17FN4O2/c1-10(5-6-11-3-2-4-12(17)9-11)21-16(23)14-13(15(18)22)19-7-8-20-14/h2-4,7-10H,5-6H2,1H3,(H2,18,22)(H,21,23)/t10-/m0/s1. The molecule has 1 aromatic carbocycles. The van der Waals surface area contributed by atoms with Crippen LogP contribution in [0.25, 0.3) is 0 Å². The zero-order valence-corrected chi connectivity index (χ0v) is 12.6. The van der Waals surface area contributed by atoms with Crippen molar-refractivity contribution >= 4 is 11.8 Å². The van der Waals surface area contributed by atoms with Gasteiger partial charge in [0.2, 0.25) is 0 Å². The molecule has 0 unspecified atom stereocenters. The summed E-state index contributed by atoms with van der Waals surface area (Å²) < 4.78 is 13.1. The lowest BCUT2D eigenvalue weighted by molar-refractivity contribution is 0.0916. The summed E-state index contributed by atoms with van der Waals surface area (Å²) in [5.74, 6) is -1.61. The van der Waals surface area contributed by atoms with E-state index in [4.69, 9.17) is 5.73 Å². The van der Waals surface area contributed by atoms with Gasteiger partial charge in [-0.15, -0.1) is 0 Å². The van der Waals surface area contributed by atoms with E-state index in [1.54, 1.807) is 6.07 Å². The van der Waals surface area contributed by atoms with Crippen LogP contribution in [0.3, 0.4) is 0 Å². The first-order valence-electron chi connectivity index (χ1n) is 7.13. The monoisotopic (exact) mass is 316 g/mol. The minimum atomic E-state index is -0.810. The van der Waals surface area contributed by atoms with Gasteiger partial charge in [-0.2, -0.15) is 0 Å². The molecule has 1 aromatic heterocycles. The first kappa shape index (κ1) is 16.5. The predicted octanol–water partition coefficient (Wildman–Crippen LogP) is 1.47. The molecule has 2 aromatic rings. The van der Waals surface area contributed by atoms with Gasteiger partial charge in [0, 0.05) is 18.4 Å². The lowest BCUT2D eigenvalue weighted by Gasteiger charge is -2.14. The zero-order valence-electron chi connectivity index (χ0n) is 12.6. The summed E-state index contributed by atoms with van der Waals surface area (Å²) in [5, 5.41) is 2.73. The summed E-state index contributed by atoms with van der Waals surface area (Å²) in [7, 11) is 0. The lowest BCUT2D eigenvalue weighted by atomic mass is 10.1. The van der Waals surface area contributed by atoms with E-state index >= 15 is 0 Å². The quantitative estimate of drug-likeness (QED) is 0.843. The normalized spacial score (nSPS) is 11.7. The van der Waals surface area contributed by atoms with Gasteiger partial charge in [-0.25, -0.2) is 14.4 Å². The second-order valence-electron chi connectivity index (χ2n) is 5.16. The van der Waals surface area contributed by atoms with Crippen LogP contribution >= 0.6 is 0 Å². The van der Waals surface area contributed by atoms with E-state index in [2.05, 4.69) is 15.3 Å². The van der Waals surface area contributed by atoms with E-state index in [0.29, 0.717) is 12.8 Å². The Bertz CT molecular complexity index is 721. The molecule has 0 bridgehead atoms. The molecule has 0 saturated carbocycles. The second-order valence-corrected chi connectivity index (χ2v) is 5.16. The summed E-state index contributed by atoms with van der Waals surface area (Å²) in [6.45, 7) is 1.82. The Morgan fingerprint density at radius 2 is 1.96 bits per heavy atom. The lowest BCUT2D eigenvalue weighted by Crippen LogP contribution is -2.35. The highest BCUT2D eigenvalue weighted by molar-refractivity contribution is 6.03. The van der Waals surface area contributed by atoms with E-state index in [1.165, 1.54) is 24.5 Å². The van der Waals surface area contributed by atoms with Crippen LogP contribution in [0.5, 0.6) is 0 Å². The second kappa shape index (κ2) is 7.44. The number of aromatic nitrogens is 2. The van der Waals surface area contributed by atoms with Crippen LogP contribution in [-0.2, 0) is 6.42 Å². The summed E-state index contributed by atoms with van der Waals surface area (Å²) in [6.07, 6.45) is 3.84. The van der Waals surface area contributed by atoms with Gasteiger partial charge in [-0.05, 0) is 37.5 Å². The topological polar surface area (TPSA) is 98.0 Å². The van der Waals surface area contributed by atoms with Crippen molar-refractivity contribution in [1.82, 2.24) is 15.3 Å². The Balaban J connectivity index is 1.96. The van der Waals surface area contributed by atoms with Crippen molar-refractivity contribution < 1.29 is 14.0 Å². The van der Waals surface area contributed by atoms with Crippen LogP contribution in [0, 0.1) is 5.82 Å². The molecule has 2 rings (SSSR count). The van der Waals surface area contributed by atoms with E-state index in [0.717, 1.165) is 5.56 Å². The number of nitrogens with two attached hydrogens (primary N) is 1.